The molecular formula is C16H21ClN2S. The normalized spacial score (nSPS) is 29.2. The van der Waals surface area contributed by atoms with E-state index in [1.54, 1.807) is 0 Å². The van der Waals surface area contributed by atoms with Crippen molar-refractivity contribution < 1.29 is 0 Å². The van der Waals surface area contributed by atoms with Gasteiger partial charge in [0.05, 0.1) is 5.54 Å². The lowest BCUT2D eigenvalue weighted by molar-refractivity contribution is 0.511. The average molecular weight is 309 g/mol. The molecule has 0 amide bonds. The van der Waals surface area contributed by atoms with Gasteiger partial charge in [0, 0.05) is 16.3 Å². The number of thioether (sulfide) groups is 1. The number of fused-ring (bicyclic) bond motifs is 1. The van der Waals surface area contributed by atoms with Crippen molar-refractivity contribution in [1.82, 2.24) is 5.32 Å². The Bertz CT molecular complexity index is 550. The van der Waals surface area contributed by atoms with E-state index >= 15 is 0 Å². The molecule has 0 spiro atoms. The van der Waals surface area contributed by atoms with E-state index in [1.807, 2.05) is 23.9 Å². The Morgan fingerprint density at radius 2 is 2.10 bits per heavy atom. The second kappa shape index (κ2) is 4.96. The van der Waals surface area contributed by atoms with Crippen LogP contribution < -0.4 is 5.32 Å². The summed E-state index contributed by atoms with van der Waals surface area (Å²) in [7, 11) is 0. The van der Waals surface area contributed by atoms with Crippen LogP contribution >= 0.6 is 23.4 Å². The maximum Gasteiger partial charge on any atom is 0.157 e. The number of benzene rings is 1. The van der Waals surface area contributed by atoms with Crippen LogP contribution in [0.15, 0.2) is 29.3 Å². The van der Waals surface area contributed by atoms with Crippen molar-refractivity contribution in [1.29, 1.82) is 0 Å². The number of hydrogen-bond donors (Lipinski definition) is 1. The molecule has 0 aromatic heterocycles. The second-order valence-corrected chi connectivity index (χ2v) is 8.23. The maximum absolute atomic E-state index is 6.41. The molecule has 2 nitrogen and oxygen atoms in total. The topological polar surface area (TPSA) is 24.4 Å². The number of amidine groups is 1. The van der Waals surface area contributed by atoms with Crippen molar-refractivity contribution in [3.8, 4) is 0 Å². The summed E-state index contributed by atoms with van der Waals surface area (Å²) in [6, 6.07) is 8.17. The molecule has 0 bridgehead atoms. The van der Waals surface area contributed by atoms with Gasteiger partial charge in [-0.1, -0.05) is 41.6 Å². The molecular weight excluding hydrogens is 288 g/mol. The van der Waals surface area contributed by atoms with Crippen LogP contribution in [0.3, 0.4) is 0 Å². The summed E-state index contributed by atoms with van der Waals surface area (Å²) in [4.78, 5) is 5.08. The molecule has 1 aromatic carbocycles. The molecule has 2 unspecified atom stereocenters. The summed E-state index contributed by atoms with van der Waals surface area (Å²) in [5, 5.41) is 5.45. The van der Waals surface area contributed by atoms with Gasteiger partial charge in [-0.05, 0) is 51.2 Å². The predicted molar refractivity (Wildman–Crippen MR) is 88.6 cm³/mol. The first-order valence-corrected chi connectivity index (χ1v) is 8.53. The molecule has 4 heteroatoms. The van der Waals surface area contributed by atoms with E-state index in [0.29, 0.717) is 5.92 Å². The monoisotopic (exact) mass is 308 g/mol. The number of hydrogen-bond acceptors (Lipinski definition) is 3. The van der Waals surface area contributed by atoms with Crippen LogP contribution in [0.5, 0.6) is 0 Å². The molecule has 1 saturated carbocycles. The standard InChI is InChI=1S/C16H21ClN2S/c1-15(2,3)18-14-19-16(10-11(16)8-9-20-14)12-6-4-5-7-13(12)17/h4-7,11H,8-10H2,1-3H3,(H,18,19). The van der Waals surface area contributed by atoms with E-state index in [4.69, 9.17) is 16.6 Å². The van der Waals surface area contributed by atoms with Crippen molar-refractivity contribution in [2.75, 3.05) is 5.75 Å². The largest absolute Gasteiger partial charge is 0.360 e. The van der Waals surface area contributed by atoms with Crippen LogP contribution in [0.1, 0.15) is 39.2 Å². The van der Waals surface area contributed by atoms with Crippen LogP contribution in [0, 0.1) is 5.92 Å². The summed E-state index contributed by atoms with van der Waals surface area (Å²) < 4.78 is 0. The molecule has 0 radical (unpaired) electrons. The SMILES string of the molecule is CC(C)(C)NC1=NC2(c3ccccc3Cl)CC2CCS1. The number of aliphatic imine (C=N–C) groups is 1. The van der Waals surface area contributed by atoms with Crippen LogP contribution in [0.2, 0.25) is 5.02 Å². The van der Waals surface area contributed by atoms with E-state index in [9.17, 15) is 0 Å². The minimum atomic E-state index is -0.0740. The summed E-state index contributed by atoms with van der Waals surface area (Å²) >= 11 is 8.25. The Balaban J connectivity index is 1.96. The quantitative estimate of drug-likeness (QED) is 0.829. The van der Waals surface area contributed by atoms with Crippen molar-refractivity contribution in [2.45, 2.75) is 44.7 Å². The molecule has 2 aliphatic rings. The summed E-state index contributed by atoms with van der Waals surface area (Å²) in [5.41, 5.74) is 1.17. The molecule has 1 aromatic rings. The molecule has 3 rings (SSSR count). The second-order valence-electron chi connectivity index (χ2n) is 6.73. The minimum Gasteiger partial charge on any atom is -0.360 e. The van der Waals surface area contributed by atoms with E-state index in [-0.39, 0.29) is 11.1 Å². The number of nitrogens with zero attached hydrogens (tertiary/aromatic N) is 1. The van der Waals surface area contributed by atoms with E-state index in [1.165, 1.54) is 12.0 Å². The van der Waals surface area contributed by atoms with Gasteiger partial charge in [-0.25, -0.2) is 0 Å². The zero-order valence-corrected chi connectivity index (χ0v) is 13.8. The Morgan fingerprint density at radius 1 is 1.35 bits per heavy atom. The molecule has 1 fully saturated rings. The molecule has 1 heterocycles. The minimum absolute atomic E-state index is 0.0439. The lowest BCUT2D eigenvalue weighted by Gasteiger charge is -2.24. The van der Waals surface area contributed by atoms with Gasteiger partial charge in [0.25, 0.3) is 0 Å². The van der Waals surface area contributed by atoms with Crippen LogP contribution in [-0.2, 0) is 5.54 Å². The average Bonchev–Trinajstić information content (AvgIpc) is 3.02. The first-order valence-electron chi connectivity index (χ1n) is 7.17. The third-order valence-electron chi connectivity index (χ3n) is 3.90. The Morgan fingerprint density at radius 3 is 2.80 bits per heavy atom. The van der Waals surface area contributed by atoms with Gasteiger partial charge in [-0.15, -0.1) is 0 Å². The molecule has 1 N–H and O–H groups in total. The zero-order valence-electron chi connectivity index (χ0n) is 12.2. The molecule has 2 atom stereocenters. The fourth-order valence-corrected chi connectivity index (χ4v) is 4.39. The zero-order chi connectivity index (χ0) is 14.4. The van der Waals surface area contributed by atoms with Gasteiger partial charge < -0.3 is 5.32 Å². The van der Waals surface area contributed by atoms with Crippen molar-refractivity contribution in [3.05, 3.63) is 34.9 Å². The van der Waals surface area contributed by atoms with Crippen LogP contribution in [0.25, 0.3) is 0 Å². The number of rotatable bonds is 1. The highest BCUT2D eigenvalue weighted by atomic mass is 35.5. The van der Waals surface area contributed by atoms with Crippen LogP contribution in [0.4, 0.5) is 0 Å². The van der Waals surface area contributed by atoms with Crippen molar-refractivity contribution >= 4 is 28.5 Å². The molecule has 20 heavy (non-hydrogen) atoms. The van der Waals surface area contributed by atoms with E-state index < -0.39 is 0 Å². The van der Waals surface area contributed by atoms with Crippen molar-refractivity contribution in [3.63, 3.8) is 0 Å². The van der Waals surface area contributed by atoms with Gasteiger partial charge in [-0.2, -0.15) is 0 Å². The van der Waals surface area contributed by atoms with Crippen molar-refractivity contribution in [2.24, 2.45) is 10.9 Å². The Hall–Kier alpha value is -0.670. The summed E-state index contributed by atoms with van der Waals surface area (Å²) in [6.07, 6.45) is 2.35. The predicted octanol–water partition coefficient (Wildman–Crippen LogP) is 4.44. The highest BCUT2D eigenvalue weighted by molar-refractivity contribution is 8.13. The van der Waals surface area contributed by atoms with E-state index in [0.717, 1.165) is 22.4 Å². The number of halogens is 1. The Kier molecular flexibility index (Phi) is 3.54. The van der Waals surface area contributed by atoms with Gasteiger partial charge in [0.15, 0.2) is 5.17 Å². The Labute approximate surface area is 130 Å². The smallest absolute Gasteiger partial charge is 0.157 e. The maximum atomic E-state index is 6.41. The highest BCUT2D eigenvalue weighted by Gasteiger charge is 2.57. The molecule has 1 aliphatic carbocycles. The summed E-state index contributed by atoms with van der Waals surface area (Å²) in [5.74, 6) is 1.79. The molecule has 0 saturated heterocycles. The van der Waals surface area contributed by atoms with Gasteiger partial charge in [-0.3, -0.25) is 4.99 Å². The van der Waals surface area contributed by atoms with Crippen LogP contribution in [-0.4, -0.2) is 16.5 Å². The summed E-state index contributed by atoms with van der Waals surface area (Å²) in [6.45, 7) is 6.52. The lowest BCUT2D eigenvalue weighted by Crippen LogP contribution is -2.39. The van der Waals surface area contributed by atoms with Gasteiger partial charge >= 0.3 is 0 Å². The third kappa shape index (κ3) is 2.71. The lowest BCUT2D eigenvalue weighted by atomic mass is 10.0. The van der Waals surface area contributed by atoms with Gasteiger partial charge in [0.2, 0.25) is 0 Å². The number of nitrogens with one attached hydrogen (secondary N) is 1. The first-order chi connectivity index (χ1) is 9.41. The molecule has 108 valence electrons. The fraction of sp³-hybridized carbons (Fsp3) is 0.562. The molecule has 1 aliphatic heterocycles. The fourth-order valence-electron chi connectivity index (χ4n) is 2.89. The van der Waals surface area contributed by atoms with E-state index in [2.05, 4.69) is 38.2 Å². The highest BCUT2D eigenvalue weighted by Crippen LogP contribution is 2.60. The first kappa shape index (κ1) is 14.3. The third-order valence-corrected chi connectivity index (χ3v) is 5.14. The van der Waals surface area contributed by atoms with Gasteiger partial charge in [0.1, 0.15) is 0 Å².